The first-order chi connectivity index (χ1) is 11.2. The predicted molar refractivity (Wildman–Crippen MR) is 95.9 cm³/mol. The van der Waals surface area contributed by atoms with Crippen molar-refractivity contribution in [3.05, 3.63) is 17.3 Å². The second-order valence-electron chi connectivity index (χ2n) is 7.99. The van der Waals surface area contributed by atoms with E-state index in [2.05, 4.69) is 27.1 Å². The molecule has 0 saturated carbocycles. The fraction of sp³-hybridized carbons (Fsp3) is 0.647. The number of nitrogens with zero attached hydrogens (tertiary/aromatic N) is 3. The Bertz CT molecular complexity index is 638. The summed E-state index contributed by atoms with van der Waals surface area (Å²) < 4.78 is 5.28. The number of hydrogen-bond donors (Lipinski definition) is 1. The van der Waals surface area contributed by atoms with Crippen LogP contribution < -0.4 is 10.2 Å². The molecule has 2 aliphatic heterocycles. The smallest absolute Gasteiger partial charge is 0.412 e. The van der Waals surface area contributed by atoms with Crippen LogP contribution in [0.5, 0.6) is 0 Å². The zero-order valence-electron chi connectivity index (χ0n) is 14.7. The SMILES string of the molecule is CN1CCC2(C1)CN(c1cc(NC(=O)OC(C)(C)C)c(Cl)cn1)C2. The molecule has 1 aromatic heterocycles. The molecule has 3 heterocycles. The molecular weight excluding hydrogens is 328 g/mol. The quantitative estimate of drug-likeness (QED) is 0.885. The Labute approximate surface area is 148 Å². The average Bonchev–Trinajstić information content (AvgIpc) is 2.80. The van der Waals surface area contributed by atoms with Crippen LogP contribution in [0.1, 0.15) is 27.2 Å². The van der Waals surface area contributed by atoms with Crippen molar-refractivity contribution in [2.75, 3.05) is 43.4 Å². The molecule has 2 saturated heterocycles. The zero-order chi connectivity index (χ0) is 17.5. The van der Waals surface area contributed by atoms with Crippen LogP contribution >= 0.6 is 11.6 Å². The summed E-state index contributed by atoms with van der Waals surface area (Å²) in [5.74, 6) is 0.839. The van der Waals surface area contributed by atoms with E-state index >= 15 is 0 Å². The lowest BCUT2D eigenvalue weighted by Gasteiger charge is -2.48. The number of aromatic nitrogens is 1. The van der Waals surface area contributed by atoms with Crippen molar-refractivity contribution in [1.29, 1.82) is 0 Å². The van der Waals surface area contributed by atoms with Crippen LogP contribution in [0.2, 0.25) is 5.02 Å². The lowest BCUT2D eigenvalue weighted by molar-refractivity contribution is 0.0636. The molecule has 7 heteroatoms. The first-order valence-electron chi connectivity index (χ1n) is 8.25. The molecule has 0 aromatic carbocycles. The summed E-state index contributed by atoms with van der Waals surface area (Å²) in [6.07, 6.45) is 2.30. The molecule has 6 nitrogen and oxygen atoms in total. The van der Waals surface area contributed by atoms with Crippen molar-refractivity contribution in [2.24, 2.45) is 5.41 Å². The molecule has 2 fully saturated rings. The van der Waals surface area contributed by atoms with Gasteiger partial charge in [-0.1, -0.05) is 11.6 Å². The van der Waals surface area contributed by atoms with Gasteiger partial charge < -0.3 is 14.5 Å². The van der Waals surface area contributed by atoms with E-state index in [1.54, 1.807) is 6.20 Å². The Morgan fingerprint density at radius 1 is 1.38 bits per heavy atom. The van der Waals surface area contributed by atoms with Gasteiger partial charge in [0.15, 0.2) is 0 Å². The van der Waals surface area contributed by atoms with Gasteiger partial charge >= 0.3 is 6.09 Å². The molecule has 3 rings (SSSR count). The van der Waals surface area contributed by atoms with Crippen molar-refractivity contribution >= 4 is 29.2 Å². The highest BCUT2D eigenvalue weighted by atomic mass is 35.5. The van der Waals surface area contributed by atoms with Gasteiger partial charge in [-0.3, -0.25) is 5.32 Å². The number of nitrogens with one attached hydrogen (secondary N) is 1. The molecule has 1 N–H and O–H groups in total. The second-order valence-corrected chi connectivity index (χ2v) is 8.40. The summed E-state index contributed by atoms with van der Waals surface area (Å²) in [5.41, 5.74) is 0.375. The van der Waals surface area contributed by atoms with Crippen molar-refractivity contribution < 1.29 is 9.53 Å². The number of amides is 1. The number of halogens is 1. The molecule has 1 amide bonds. The van der Waals surface area contributed by atoms with Gasteiger partial charge in [-0.2, -0.15) is 0 Å². The zero-order valence-corrected chi connectivity index (χ0v) is 15.5. The Balaban J connectivity index is 1.66. The van der Waals surface area contributed by atoms with E-state index in [9.17, 15) is 4.79 Å². The van der Waals surface area contributed by atoms with Gasteiger partial charge in [0.05, 0.1) is 16.9 Å². The van der Waals surface area contributed by atoms with E-state index in [0.29, 0.717) is 16.1 Å². The first-order valence-corrected chi connectivity index (χ1v) is 8.63. The summed E-state index contributed by atoms with van der Waals surface area (Å²) in [7, 11) is 2.17. The van der Waals surface area contributed by atoms with Gasteiger partial charge in [0.25, 0.3) is 0 Å². The van der Waals surface area contributed by atoms with Gasteiger partial charge in [0, 0.05) is 31.1 Å². The van der Waals surface area contributed by atoms with Crippen LogP contribution in [0, 0.1) is 5.41 Å². The van der Waals surface area contributed by atoms with Crippen LogP contribution in [0.3, 0.4) is 0 Å². The molecule has 24 heavy (non-hydrogen) atoms. The molecular formula is C17H25ClN4O2. The summed E-state index contributed by atoms with van der Waals surface area (Å²) in [4.78, 5) is 21.0. The number of likely N-dealkylation sites (tertiary alicyclic amines) is 1. The van der Waals surface area contributed by atoms with Crippen LogP contribution in [0.4, 0.5) is 16.3 Å². The number of carbonyl (C=O) groups is 1. The number of pyridine rings is 1. The molecule has 1 aromatic rings. The van der Waals surface area contributed by atoms with E-state index < -0.39 is 11.7 Å². The van der Waals surface area contributed by atoms with Gasteiger partial charge in [-0.25, -0.2) is 9.78 Å². The Morgan fingerprint density at radius 2 is 2.08 bits per heavy atom. The fourth-order valence-corrected chi connectivity index (χ4v) is 3.60. The molecule has 0 atom stereocenters. The van der Waals surface area contributed by atoms with E-state index in [1.807, 2.05) is 26.8 Å². The fourth-order valence-electron chi connectivity index (χ4n) is 3.45. The van der Waals surface area contributed by atoms with E-state index in [-0.39, 0.29) is 0 Å². The topological polar surface area (TPSA) is 57.7 Å². The average molecular weight is 353 g/mol. The van der Waals surface area contributed by atoms with Crippen molar-refractivity contribution in [1.82, 2.24) is 9.88 Å². The maximum atomic E-state index is 12.0. The molecule has 2 aliphatic rings. The molecule has 0 bridgehead atoms. The third-order valence-corrected chi connectivity index (χ3v) is 4.78. The maximum Gasteiger partial charge on any atom is 0.412 e. The van der Waals surface area contributed by atoms with E-state index in [4.69, 9.17) is 16.3 Å². The van der Waals surface area contributed by atoms with Crippen LogP contribution in [-0.4, -0.2) is 54.8 Å². The number of carbonyl (C=O) groups excluding carboxylic acids is 1. The van der Waals surface area contributed by atoms with Crippen molar-refractivity contribution in [3.8, 4) is 0 Å². The highest BCUT2D eigenvalue weighted by molar-refractivity contribution is 6.33. The van der Waals surface area contributed by atoms with E-state index in [0.717, 1.165) is 32.0 Å². The first kappa shape index (κ1) is 17.3. The predicted octanol–water partition coefficient (Wildman–Crippen LogP) is 3.22. The van der Waals surface area contributed by atoms with Crippen LogP contribution in [-0.2, 0) is 4.74 Å². The lowest BCUT2D eigenvalue weighted by Crippen LogP contribution is -2.57. The molecule has 0 unspecified atom stereocenters. The number of ether oxygens (including phenoxy) is 1. The number of hydrogen-bond acceptors (Lipinski definition) is 5. The number of anilines is 2. The second kappa shape index (κ2) is 6.08. The molecule has 132 valence electrons. The van der Waals surface area contributed by atoms with Gasteiger partial charge in [-0.15, -0.1) is 0 Å². The standard InChI is InChI=1S/C17H25ClN4O2/c1-16(2,3)24-15(23)20-13-7-14(19-8-12(13)18)22-10-17(11-22)5-6-21(4)9-17/h7-8H,5-6,9-11H2,1-4H3,(H,19,20,23). The summed E-state index contributed by atoms with van der Waals surface area (Å²) in [6.45, 7) is 9.77. The molecule has 0 radical (unpaired) electrons. The summed E-state index contributed by atoms with van der Waals surface area (Å²) in [5, 5.41) is 3.11. The minimum atomic E-state index is -0.551. The third-order valence-electron chi connectivity index (χ3n) is 4.48. The Kier molecular flexibility index (Phi) is 4.38. The monoisotopic (exact) mass is 352 g/mol. The van der Waals surface area contributed by atoms with Gasteiger partial charge in [0.2, 0.25) is 0 Å². The van der Waals surface area contributed by atoms with Gasteiger partial charge in [0.1, 0.15) is 11.4 Å². The Morgan fingerprint density at radius 3 is 2.67 bits per heavy atom. The highest BCUT2D eigenvalue weighted by Gasteiger charge is 2.47. The third kappa shape index (κ3) is 3.75. The van der Waals surface area contributed by atoms with E-state index in [1.165, 1.54) is 6.42 Å². The maximum absolute atomic E-state index is 12.0. The highest BCUT2D eigenvalue weighted by Crippen LogP contribution is 2.41. The number of rotatable bonds is 2. The Hall–Kier alpha value is -1.53. The van der Waals surface area contributed by atoms with Crippen LogP contribution in [0.25, 0.3) is 0 Å². The normalized spacial score (nSPS) is 20.1. The summed E-state index contributed by atoms with van der Waals surface area (Å²) in [6, 6.07) is 1.82. The minimum absolute atomic E-state index is 0.398. The largest absolute Gasteiger partial charge is 0.444 e. The molecule has 0 aliphatic carbocycles. The minimum Gasteiger partial charge on any atom is -0.444 e. The van der Waals surface area contributed by atoms with Crippen LogP contribution in [0.15, 0.2) is 12.3 Å². The van der Waals surface area contributed by atoms with Crippen molar-refractivity contribution in [2.45, 2.75) is 32.8 Å². The lowest BCUT2D eigenvalue weighted by atomic mass is 9.79. The summed E-state index contributed by atoms with van der Waals surface area (Å²) >= 11 is 6.16. The van der Waals surface area contributed by atoms with Gasteiger partial charge in [-0.05, 0) is 40.8 Å². The van der Waals surface area contributed by atoms with Crippen molar-refractivity contribution in [3.63, 3.8) is 0 Å². The molecule has 1 spiro atoms.